The van der Waals surface area contributed by atoms with Crippen LogP contribution in [-0.4, -0.2) is 48.6 Å². The van der Waals surface area contributed by atoms with E-state index in [0.717, 1.165) is 26.1 Å². The summed E-state index contributed by atoms with van der Waals surface area (Å²) in [5.41, 5.74) is 1.81. The zero-order chi connectivity index (χ0) is 18.5. The zero-order valence-corrected chi connectivity index (χ0v) is 16.5. The molecule has 1 heterocycles. The molecule has 1 N–H and O–H groups in total. The molecule has 0 aromatic heterocycles. The minimum Gasteiger partial charge on any atom is -0.322 e. The van der Waals surface area contributed by atoms with Crippen LogP contribution in [0.25, 0.3) is 0 Å². The van der Waals surface area contributed by atoms with Crippen molar-refractivity contribution in [3.05, 3.63) is 63.1 Å². The minimum atomic E-state index is -0.173. The van der Waals surface area contributed by atoms with Crippen LogP contribution in [0.3, 0.4) is 0 Å². The van der Waals surface area contributed by atoms with Crippen molar-refractivity contribution >= 4 is 46.5 Å². The molecular weight excluding hydrogens is 393 g/mol. The Balaban J connectivity index is 1.48. The topological polar surface area (TPSA) is 35.6 Å². The summed E-state index contributed by atoms with van der Waals surface area (Å²) >= 11 is 18.0. The van der Waals surface area contributed by atoms with E-state index in [-0.39, 0.29) is 6.03 Å². The van der Waals surface area contributed by atoms with Crippen LogP contribution in [-0.2, 0) is 6.42 Å². The Morgan fingerprint density at radius 2 is 1.58 bits per heavy atom. The first-order valence-electron chi connectivity index (χ1n) is 8.49. The lowest BCUT2D eigenvalue weighted by Crippen LogP contribution is -2.50. The maximum absolute atomic E-state index is 12.5. The van der Waals surface area contributed by atoms with Gasteiger partial charge in [0.05, 0.1) is 20.8 Å². The van der Waals surface area contributed by atoms with Crippen LogP contribution in [0, 0.1) is 0 Å². The molecule has 0 radical (unpaired) electrons. The van der Waals surface area contributed by atoms with Crippen molar-refractivity contribution in [3.8, 4) is 0 Å². The molecule has 1 aliphatic rings. The molecule has 0 unspecified atom stereocenters. The number of halogens is 3. The highest BCUT2D eigenvalue weighted by Gasteiger charge is 2.21. The van der Waals surface area contributed by atoms with Crippen molar-refractivity contribution in [1.29, 1.82) is 0 Å². The number of piperazine rings is 1. The predicted molar refractivity (Wildman–Crippen MR) is 109 cm³/mol. The Kier molecular flexibility index (Phi) is 6.65. The van der Waals surface area contributed by atoms with Crippen LogP contribution in [0.5, 0.6) is 0 Å². The van der Waals surface area contributed by atoms with Crippen molar-refractivity contribution in [2.75, 3.05) is 38.0 Å². The van der Waals surface area contributed by atoms with Gasteiger partial charge in [-0.3, -0.25) is 4.90 Å². The number of benzene rings is 2. The molecule has 4 nitrogen and oxygen atoms in total. The fourth-order valence-electron chi connectivity index (χ4n) is 2.92. The Labute approximate surface area is 168 Å². The van der Waals surface area contributed by atoms with E-state index >= 15 is 0 Å². The molecule has 2 aromatic carbocycles. The molecule has 2 amide bonds. The summed E-state index contributed by atoms with van der Waals surface area (Å²) < 4.78 is 0. The van der Waals surface area contributed by atoms with Crippen LogP contribution < -0.4 is 5.32 Å². The lowest BCUT2D eigenvalue weighted by Gasteiger charge is -2.34. The van der Waals surface area contributed by atoms with E-state index in [0.29, 0.717) is 33.8 Å². The molecule has 1 fully saturated rings. The Morgan fingerprint density at radius 3 is 2.27 bits per heavy atom. The molecule has 2 aromatic rings. The van der Waals surface area contributed by atoms with Crippen LogP contribution in [0.2, 0.25) is 15.1 Å². The van der Waals surface area contributed by atoms with Gasteiger partial charge in [-0.2, -0.15) is 0 Å². The Bertz CT molecular complexity index is 762. The highest BCUT2D eigenvalue weighted by molar-refractivity contribution is 6.44. The molecule has 138 valence electrons. The van der Waals surface area contributed by atoms with Gasteiger partial charge in [-0.1, -0.05) is 65.1 Å². The van der Waals surface area contributed by atoms with Crippen LogP contribution >= 0.6 is 34.8 Å². The summed E-state index contributed by atoms with van der Waals surface area (Å²) in [7, 11) is 0. The van der Waals surface area contributed by atoms with Crippen molar-refractivity contribution in [2.45, 2.75) is 6.42 Å². The van der Waals surface area contributed by atoms with Crippen LogP contribution in [0.15, 0.2) is 42.5 Å². The standard InChI is InChI=1S/C19H20Cl3N3O/c20-15-12-17(22)18(13-16(15)21)23-19(26)25-10-8-24(9-11-25)7-6-14-4-2-1-3-5-14/h1-5,12-13H,6-11H2,(H,23,26). The highest BCUT2D eigenvalue weighted by atomic mass is 35.5. The number of amides is 2. The van der Waals surface area contributed by atoms with Crippen molar-refractivity contribution in [2.24, 2.45) is 0 Å². The minimum absolute atomic E-state index is 0.173. The fourth-order valence-corrected chi connectivity index (χ4v) is 3.51. The van der Waals surface area contributed by atoms with E-state index in [1.54, 1.807) is 11.0 Å². The second kappa shape index (κ2) is 8.96. The number of urea groups is 1. The maximum Gasteiger partial charge on any atom is 0.321 e. The monoisotopic (exact) mass is 411 g/mol. The number of anilines is 1. The van der Waals surface area contributed by atoms with Gasteiger partial charge in [0.1, 0.15) is 0 Å². The second-order valence-corrected chi connectivity index (χ2v) is 7.46. The van der Waals surface area contributed by atoms with Gasteiger partial charge in [0.25, 0.3) is 0 Å². The third kappa shape index (κ3) is 5.04. The largest absolute Gasteiger partial charge is 0.322 e. The predicted octanol–water partition coefficient (Wildman–Crippen LogP) is 5.04. The number of nitrogens with zero attached hydrogens (tertiary/aromatic N) is 2. The van der Waals surface area contributed by atoms with Gasteiger partial charge in [-0.15, -0.1) is 0 Å². The van der Waals surface area contributed by atoms with Gasteiger partial charge in [0, 0.05) is 32.7 Å². The van der Waals surface area contributed by atoms with Crippen LogP contribution in [0.4, 0.5) is 10.5 Å². The quantitative estimate of drug-likeness (QED) is 0.714. The summed E-state index contributed by atoms with van der Waals surface area (Å²) in [4.78, 5) is 16.6. The molecule has 0 atom stereocenters. The van der Waals surface area contributed by atoms with Gasteiger partial charge in [-0.05, 0) is 24.1 Å². The molecule has 1 saturated heterocycles. The van der Waals surface area contributed by atoms with Crippen molar-refractivity contribution < 1.29 is 4.79 Å². The second-order valence-electron chi connectivity index (χ2n) is 6.24. The van der Waals surface area contributed by atoms with E-state index < -0.39 is 0 Å². The number of rotatable bonds is 4. The average molecular weight is 413 g/mol. The highest BCUT2D eigenvalue weighted by Crippen LogP contribution is 2.32. The molecule has 0 saturated carbocycles. The molecule has 0 spiro atoms. The molecule has 1 aliphatic heterocycles. The number of hydrogen-bond acceptors (Lipinski definition) is 2. The number of carbonyl (C=O) groups excluding carboxylic acids is 1. The Hall–Kier alpha value is -1.46. The molecule has 0 bridgehead atoms. The summed E-state index contributed by atoms with van der Waals surface area (Å²) in [6.07, 6.45) is 1.02. The third-order valence-corrected chi connectivity index (χ3v) is 5.51. The van der Waals surface area contributed by atoms with E-state index in [1.165, 1.54) is 11.6 Å². The molecule has 0 aliphatic carbocycles. The molecular formula is C19H20Cl3N3O. The van der Waals surface area contributed by atoms with Crippen molar-refractivity contribution in [3.63, 3.8) is 0 Å². The van der Waals surface area contributed by atoms with E-state index in [9.17, 15) is 4.79 Å². The first kappa shape index (κ1) is 19.3. The zero-order valence-electron chi connectivity index (χ0n) is 14.2. The average Bonchev–Trinajstić information content (AvgIpc) is 2.65. The van der Waals surface area contributed by atoms with Gasteiger partial charge in [0.2, 0.25) is 0 Å². The normalized spacial score (nSPS) is 15.1. The lowest BCUT2D eigenvalue weighted by molar-refractivity contribution is 0.148. The maximum atomic E-state index is 12.5. The number of nitrogens with one attached hydrogen (secondary N) is 1. The molecule has 26 heavy (non-hydrogen) atoms. The first-order valence-corrected chi connectivity index (χ1v) is 9.63. The van der Waals surface area contributed by atoms with E-state index in [1.807, 2.05) is 6.07 Å². The van der Waals surface area contributed by atoms with E-state index in [2.05, 4.69) is 34.5 Å². The van der Waals surface area contributed by atoms with E-state index in [4.69, 9.17) is 34.8 Å². The summed E-state index contributed by atoms with van der Waals surface area (Å²) in [5.74, 6) is 0. The third-order valence-electron chi connectivity index (χ3n) is 4.47. The summed E-state index contributed by atoms with van der Waals surface area (Å²) in [6.45, 7) is 4.07. The van der Waals surface area contributed by atoms with Gasteiger partial charge >= 0.3 is 6.03 Å². The fraction of sp³-hybridized carbons (Fsp3) is 0.316. The van der Waals surface area contributed by atoms with Crippen molar-refractivity contribution in [1.82, 2.24) is 9.80 Å². The smallest absolute Gasteiger partial charge is 0.321 e. The Morgan fingerprint density at radius 1 is 0.923 bits per heavy atom. The SMILES string of the molecule is O=C(Nc1cc(Cl)c(Cl)cc1Cl)N1CCN(CCc2ccccc2)CC1. The van der Waals surface area contributed by atoms with Gasteiger partial charge in [0.15, 0.2) is 0 Å². The molecule has 7 heteroatoms. The number of hydrogen-bond donors (Lipinski definition) is 1. The van der Waals surface area contributed by atoms with Gasteiger partial charge in [-0.25, -0.2) is 4.79 Å². The summed E-state index contributed by atoms with van der Waals surface area (Å²) in [6, 6.07) is 13.4. The lowest BCUT2D eigenvalue weighted by atomic mass is 10.1. The number of carbonyl (C=O) groups is 1. The van der Waals surface area contributed by atoms with Gasteiger partial charge < -0.3 is 10.2 Å². The van der Waals surface area contributed by atoms with Crippen LogP contribution in [0.1, 0.15) is 5.56 Å². The first-order chi connectivity index (χ1) is 12.5. The molecule has 3 rings (SSSR count). The summed E-state index contributed by atoms with van der Waals surface area (Å²) in [5, 5.41) is 3.90.